The van der Waals surface area contributed by atoms with Crippen molar-refractivity contribution >= 4 is 6.29 Å². The van der Waals surface area contributed by atoms with Crippen molar-refractivity contribution in [1.29, 1.82) is 0 Å². The second-order valence-corrected chi connectivity index (χ2v) is 4.75. The first-order valence-corrected chi connectivity index (χ1v) is 6.60. The molecule has 102 valence electrons. The zero-order valence-electron chi connectivity index (χ0n) is 11.6. The third-order valence-electron chi connectivity index (χ3n) is 3.10. The number of hydrogen-bond donors (Lipinski definition) is 0. The van der Waals surface area contributed by atoms with E-state index in [1.165, 1.54) is 5.56 Å². The van der Waals surface area contributed by atoms with Gasteiger partial charge in [-0.15, -0.1) is 6.58 Å². The van der Waals surface area contributed by atoms with E-state index in [1.54, 1.807) is 6.07 Å². The lowest BCUT2D eigenvalue weighted by Crippen LogP contribution is -1.99. The molecule has 0 fully saturated rings. The van der Waals surface area contributed by atoms with Gasteiger partial charge in [0.2, 0.25) is 0 Å². The van der Waals surface area contributed by atoms with Crippen LogP contribution in [0.5, 0.6) is 5.75 Å². The molecule has 2 aromatic carbocycles. The van der Waals surface area contributed by atoms with Gasteiger partial charge >= 0.3 is 0 Å². The molecule has 0 aromatic heterocycles. The molecule has 0 N–H and O–H groups in total. The van der Waals surface area contributed by atoms with Gasteiger partial charge in [-0.25, -0.2) is 0 Å². The van der Waals surface area contributed by atoms with Crippen molar-refractivity contribution < 1.29 is 9.53 Å². The minimum atomic E-state index is 0.519. The van der Waals surface area contributed by atoms with Crippen molar-refractivity contribution in [2.24, 2.45) is 0 Å². The van der Waals surface area contributed by atoms with Gasteiger partial charge in [0.1, 0.15) is 18.6 Å². The van der Waals surface area contributed by atoms with E-state index in [0.717, 1.165) is 23.2 Å². The minimum absolute atomic E-state index is 0.519. The Hall–Kier alpha value is -2.35. The summed E-state index contributed by atoms with van der Waals surface area (Å²) in [6.07, 6.45) is 3.34. The van der Waals surface area contributed by atoms with Gasteiger partial charge in [0.15, 0.2) is 0 Å². The molecular weight excluding hydrogens is 248 g/mol. The zero-order valence-corrected chi connectivity index (χ0v) is 11.6. The van der Waals surface area contributed by atoms with Gasteiger partial charge in [-0.1, -0.05) is 35.9 Å². The summed E-state index contributed by atoms with van der Waals surface area (Å²) in [7, 11) is 0. The molecule has 2 nitrogen and oxygen atoms in total. The minimum Gasteiger partial charge on any atom is -0.489 e. The Kier molecular flexibility index (Phi) is 4.72. The third-order valence-corrected chi connectivity index (χ3v) is 3.10. The van der Waals surface area contributed by atoms with Crippen LogP contribution in [0.25, 0.3) is 0 Å². The largest absolute Gasteiger partial charge is 0.489 e. The number of carbonyl (C=O) groups is 1. The molecule has 0 aliphatic heterocycles. The van der Waals surface area contributed by atoms with Gasteiger partial charge in [0.05, 0.1) is 0 Å². The lowest BCUT2D eigenvalue weighted by Gasteiger charge is -2.11. The number of ether oxygens (including phenoxy) is 1. The van der Waals surface area contributed by atoms with Crippen LogP contribution in [0.15, 0.2) is 55.1 Å². The van der Waals surface area contributed by atoms with Gasteiger partial charge in [-0.05, 0) is 42.7 Å². The summed E-state index contributed by atoms with van der Waals surface area (Å²) in [4.78, 5) is 10.8. The van der Waals surface area contributed by atoms with E-state index in [1.807, 2.05) is 18.2 Å². The highest BCUT2D eigenvalue weighted by atomic mass is 16.5. The Morgan fingerprint density at radius 2 is 1.90 bits per heavy atom. The third kappa shape index (κ3) is 3.58. The Balaban J connectivity index is 2.13. The van der Waals surface area contributed by atoms with Crippen LogP contribution in [0.1, 0.15) is 27.0 Å². The second-order valence-electron chi connectivity index (χ2n) is 4.75. The lowest BCUT2D eigenvalue weighted by atomic mass is 10.1. The Labute approximate surface area is 119 Å². The normalized spacial score (nSPS) is 10.1. The molecule has 2 aromatic rings. The first-order chi connectivity index (χ1) is 9.72. The topological polar surface area (TPSA) is 26.3 Å². The number of allylic oxidation sites excluding steroid dienone is 1. The number of hydrogen-bond acceptors (Lipinski definition) is 2. The van der Waals surface area contributed by atoms with Crippen molar-refractivity contribution in [3.05, 3.63) is 77.4 Å². The fourth-order valence-corrected chi connectivity index (χ4v) is 1.97. The molecule has 0 aliphatic rings. The van der Waals surface area contributed by atoms with Crippen LogP contribution in [-0.4, -0.2) is 6.29 Å². The predicted octanol–water partition coefficient (Wildman–Crippen LogP) is 4.12. The lowest BCUT2D eigenvalue weighted by molar-refractivity contribution is 0.112. The zero-order chi connectivity index (χ0) is 14.4. The molecule has 20 heavy (non-hydrogen) atoms. The van der Waals surface area contributed by atoms with E-state index in [2.05, 4.69) is 37.8 Å². The summed E-state index contributed by atoms with van der Waals surface area (Å²) in [5.41, 5.74) is 4.00. The monoisotopic (exact) mass is 266 g/mol. The number of benzene rings is 2. The maximum Gasteiger partial charge on any atom is 0.150 e. The molecule has 0 bridgehead atoms. The van der Waals surface area contributed by atoms with E-state index in [4.69, 9.17) is 4.74 Å². The molecule has 2 rings (SSSR count). The molecule has 2 heteroatoms. The van der Waals surface area contributed by atoms with Gasteiger partial charge in [0.25, 0.3) is 0 Å². The van der Waals surface area contributed by atoms with Crippen molar-refractivity contribution in [3.63, 3.8) is 0 Å². The number of aldehydes is 1. The van der Waals surface area contributed by atoms with Crippen LogP contribution >= 0.6 is 0 Å². The van der Waals surface area contributed by atoms with Crippen molar-refractivity contribution in [3.8, 4) is 5.75 Å². The molecule has 0 atom stereocenters. The first-order valence-electron chi connectivity index (χ1n) is 6.60. The van der Waals surface area contributed by atoms with Crippen LogP contribution in [0.4, 0.5) is 0 Å². The van der Waals surface area contributed by atoms with Gasteiger partial charge in [-0.3, -0.25) is 4.79 Å². The predicted molar refractivity (Wildman–Crippen MR) is 81.2 cm³/mol. The summed E-state index contributed by atoms with van der Waals surface area (Å²) in [6, 6.07) is 13.7. The molecular formula is C18H18O2. The first kappa shape index (κ1) is 14.1. The highest BCUT2D eigenvalue weighted by Crippen LogP contribution is 2.22. The Morgan fingerprint density at radius 1 is 1.15 bits per heavy atom. The molecule has 0 saturated heterocycles. The molecule has 0 radical (unpaired) electrons. The smallest absolute Gasteiger partial charge is 0.150 e. The van der Waals surface area contributed by atoms with Crippen LogP contribution in [0.2, 0.25) is 0 Å². The molecule has 0 amide bonds. The summed E-state index contributed by atoms with van der Waals surface area (Å²) in [6.45, 7) is 6.32. The fraction of sp³-hybridized carbons (Fsp3) is 0.167. The van der Waals surface area contributed by atoms with Gasteiger partial charge in [0, 0.05) is 5.56 Å². The van der Waals surface area contributed by atoms with Crippen LogP contribution < -0.4 is 4.74 Å². The average Bonchev–Trinajstić information content (AvgIpc) is 2.48. The van der Waals surface area contributed by atoms with Crippen molar-refractivity contribution in [1.82, 2.24) is 0 Å². The van der Waals surface area contributed by atoms with Crippen molar-refractivity contribution in [2.75, 3.05) is 0 Å². The van der Waals surface area contributed by atoms with Crippen LogP contribution in [0.3, 0.4) is 0 Å². The summed E-state index contributed by atoms with van der Waals surface area (Å²) >= 11 is 0. The molecule has 0 saturated carbocycles. The number of aryl methyl sites for hydroxylation is 1. The van der Waals surface area contributed by atoms with Gasteiger partial charge in [-0.2, -0.15) is 0 Å². The van der Waals surface area contributed by atoms with E-state index in [9.17, 15) is 4.79 Å². The van der Waals surface area contributed by atoms with Crippen LogP contribution in [-0.2, 0) is 13.0 Å². The number of rotatable bonds is 6. The Bertz CT molecular complexity index is 597. The standard InChI is InChI=1S/C18H18O2/c1-3-4-17-11-16(12-19)9-10-18(17)20-13-15-7-5-14(2)6-8-15/h3,5-12H,1,4,13H2,2H3. The maximum absolute atomic E-state index is 10.8. The fourth-order valence-electron chi connectivity index (χ4n) is 1.97. The van der Waals surface area contributed by atoms with Gasteiger partial charge < -0.3 is 4.74 Å². The van der Waals surface area contributed by atoms with Crippen molar-refractivity contribution in [2.45, 2.75) is 20.0 Å². The highest BCUT2D eigenvalue weighted by molar-refractivity contribution is 5.75. The number of carbonyl (C=O) groups excluding carboxylic acids is 1. The van der Waals surface area contributed by atoms with E-state index in [0.29, 0.717) is 18.6 Å². The quantitative estimate of drug-likeness (QED) is 0.581. The molecule has 0 unspecified atom stereocenters. The highest BCUT2D eigenvalue weighted by Gasteiger charge is 2.04. The SMILES string of the molecule is C=CCc1cc(C=O)ccc1OCc1ccc(C)cc1. The van der Waals surface area contributed by atoms with E-state index >= 15 is 0 Å². The molecule has 0 aliphatic carbocycles. The summed E-state index contributed by atoms with van der Waals surface area (Å²) in [5.74, 6) is 0.802. The van der Waals surface area contributed by atoms with Crippen LogP contribution in [0, 0.1) is 6.92 Å². The summed E-state index contributed by atoms with van der Waals surface area (Å²) < 4.78 is 5.85. The van der Waals surface area contributed by atoms with E-state index in [-0.39, 0.29) is 0 Å². The van der Waals surface area contributed by atoms with E-state index < -0.39 is 0 Å². The maximum atomic E-state index is 10.8. The molecule has 0 heterocycles. The average molecular weight is 266 g/mol. The Morgan fingerprint density at radius 3 is 2.55 bits per heavy atom. The molecule has 0 spiro atoms. The second kappa shape index (κ2) is 6.71. The summed E-state index contributed by atoms with van der Waals surface area (Å²) in [5, 5.41) is 0.